The van der Waals surface area contributed by atoms with E-state index in [2.05, 4.69) is 24.1 Å². The second-order valence-corrected chi connectivity index (χ2v) is 4.74. The van der Waals surface area contributed by atoms with Crippen LogP contribution in [-0.4, -0.2) is 31.1 Å². The van der Waals surface area contributed by atoms with Gasteiger partial charge in [0.15, 0.2) is 0 Å². The number of hydrogen-bond acceptors (Lipinski definition) is 2. The normalized spacial score (nSPS) is 11.1. The van der Waals surface area contributed by atoms with Crippen LogP contribution >= 0.6 is 23.2 Å². The van der Waals surface area contributed by atoms with Gasteiger partial charge in [-0.05, 0) is 25.2 Å². The third-order valence-corrected chi connectivity index (χ3v) is 3.45. The fraction of sp³-hybridized carbons (Fsp3) is 0.538. The number of benzene rings is 1. The summed E-state index contributed by atoms with van der Waals surface area (Å²) in [5.74, 6) is 0. The Balaban J connectivity index is 2.60. The minimum absolute atomic E-state index is 0.749. The first-order valence-corrected chi connectivity index (χ1v) is 6.80. The zero-order valence-electron chi connectivity index (χ0n) is 10.5. The summed E-state index contributed by atoms with van der Waals surface area (Å²) in [6.45, 7) is 9.06. The predicted molar refractivity (Wildman–Crippen MR) is 76.0 cm³/mol. The smallest absolute Gasteiger partial charge is 0.0465 e. The summed E-state index contributed by atoms with van der Waals surface area (Å²) in [4.78, 5) is 2.33. The van der Waals surface area contributed by atoms with Crippen LogP contribution < -0.4 is 5.32 Å². The Morgan fingerprint density at radius 3 is 2.35 bits per heavy atom. The van der Waals surface area contributed by atoms with Gasteiger partial charge in [-0.2, -0.15) is 0 Å². The summed E-state index contributed by atoms with van der Waals surface area (Å²) in [6, 6.07) is 5.66. The quantitative estimate of drug-likeness (QED) is 0.767. The van der Waals surface area contributed by atoms with Crippen LogP contribution in [0.2, 0.25) is 10.0 Å². The Hall–Kier alpha value is -0.280. The van der Waals surface area contributed by atoms with E-state index in [4.69, 9.17) is 23.2 Å². The van der Waals surface area contributed by atoms with E-state index in [-0.39, 0.29) is 0 Å². The molecule has 0 aliphatic carbocycles. The number of likely N-dealkylation sites (N-methyl/N-ethyl adjacent to an activating group) is 2. The van der Waals surface area contributed by atoms with Gasteiger partial charge in [0.2, 0.25) is 0 Å². The lowest BCUT2D eigenvalue weighted by Crippen LogP contribution is -2.31. The van der Waals surface area contributed by atoms with Gasteiger partial charge in [0.1, 0.15) is 0 Å². The molecule has 0 unspecified atom stereocenters. The van der Waals surface area contributed by atoms with Crippen LogP contribution in [0, 0.1) is 0 Å². The highest BCUT2D eigenvalue weighted by molar-refractivity contribution is 6.35. The summed E-state index contributed by atoms with van der Waals surface area (Å²) < 4.78 is 0. The van der Waals surface area contributed by atoms with Gasteiger partial charge in [0, 0.05) is 35.2 Å². The third-order valence-electron chi connectivity index (χ3n) is 2.75. The molecule has 0 heterocycles. The van der Waals surface area contributed by atoms with Crippen molar-refractivity contribution in [3.05, 3.63) is 33.8 Å². The standard InChI is InChI=1S/C13H20Cl2N2/c1-3-16-8-9-17(4-2)10-11-12(14)6-5-7-13(11)15/h5-7,16H,3-4,8-10H2,1-2H3. The van der Waals surface area contributed by atoms with Crippen molar-refractivity contribution in [2.24, 2.45) is 0 Å². The molecule has 0 aromatic heterocycles. The monoisotopic (exact) mass is 274 g/mol. The highest BCUT2D eigenvalue weighted by Crippen LogP contribution is 2.25. The van der Waals surface area contributed by atoms with Crippen molar-refractivity contribution in [3.8, 4) is 0 Å². The highest BCUT2D eigenvalue weighted by Gasteiger charge is 2.09. The average molecular weight is 275 g/mol. The van der Waals surface area contributed by atoms with Crippen LogP contribution in [0.4, 0.5) is 0 Å². The van der Waals surface area contributed by atoms with E-state index in [0.29, 0.717) is 0 Å². The number of halogens is 2. The van der Waals surface area contributed by atoms with Crippen molar-refractivity contribution in [3.63, 3.8) is 0 Å². The minimum Gasteiger partial charge on any atom is -0.316 e. The molecule has 1 rings (SSSR count). The molecule has 0 radical (unpaired) electrons. The number of hydrogen-bond donors (Lipinski definition) is 1. The topological polar surface area (TPSA) is 15.3 Å². The van der Waals surface area contributed by atoms with Crippen LogP contribution in [0.1, 0.15) is 19.4 Å². The molecule has 0 saturated heterocycles. The lowest BCUT2D eigenvalue weighted by molar-refractivity contribution is 0.280. The maximum Gasteiger partial charge on any atom is 0.0465 e. The van der Waals surface area contributed by atoms with Gasteiger partial charge < -0.3 is 5.32 Å². The van der Waals surface area contributed by atoms with Crippen molar-refractivity contribution < 1.29 is 0 Å². The van der Waals surface area contributed by atoms with Crippen LogP contribution in [0.3, 0.4) is 0 Å². The van der Waals surface area contributed by atoms with Gasteiger partial charge in [-0.25, -0.2) is 0 Å². The van der Waals surface area contributed by atoms with E-state index in [1.807, 2.05) is 18.2 Å². The molecule has 0 spiro atoms. The number of rotatable bonds is 7. The molecule has 4 heteroatoms. The molecule has 1 N–H and O–H groups in total. The van der Waals surface area contributed by atoms with E-state index in [1.165, 1.54) is 0 Å². The molecule has 0 bridgehead atoms. The molecule has 17 heavy (non-hydrogen) atoms. The maximum absolute atomic E-state index is 6.17. The van der Waals surface area contributed by atoms with Crippen molar-refractivity contribution >= 4 is 23.2 Å². The summed E-state index contributed by atoms with van der Waals surface area (Å²) in [7, 11) is 0. The molecule has 1 aromatic rings. The highest BCUT2D eigenvalue weighted by atomic mass is 35.5. The lowest BCUT2D eigenvalue weighted by Gasteiger charge is -2.21. The van der Waals surface area contributed by atoms with Crippen molar-refractivity contribution in [2.45, 2.75) is 20.4 Å². The first-order valence-electron chi connectivity index (χ1n) is 6.05. The molecule has 0 atom stereocenters. The van der Waals surface area contributed by atoms with E-state index in [9.17, 15) is 0 Å². The SMILES string of the molecule is CCNCCN(CC)Cc1c(Cl)cccc1Cl. The molecule has 2 nitrogen and oxygen atoms in total. The van der Waals surface area contributed by atoms with Crippen molar-refractivity contribution in [2.75, 3.05) is 26.2 Å². The summed E-state index contributed by atoms with van der Waals surface area (Å²) in [5.41, 5.74) is 1.02. The van der Waals surface area contributed by atoms with Crippen molar-refractivity contribution in [1.82, 2.24) is 10.2 Å². The molecule has 0 aliphatic rings. The van der Waals surface area contributed by atoms with E-state index in [1.54, 1.807) is 0 Å². The number of nitrogens with zero attached hydrogens (tertiary/aromatic N) is 1. The first-order chi connectivity index (χ1) is 8.19. The molecule has 0 amide bonds. The van der Waals surface area contributed by atoms with Gasteiger partial charge in [-0.15, -0.1) is 0 Å². The Morgan fingerprint density at radius 2 is 1.82 bits per heavy atom. The Labute approximate surface area is 114 Å². The second-order valence-electron chi connectivity index (χ2n) is 3.92. The van der Waals surface area contributed by atoms with Crippen LogP contribution in [0.5, 0.6) is 0 Å². The predicted octanol–water partition coefficient (Wildman–Crippen LogP) is 3.42. The molecular formula is C13H20Cl2N2. The summed E-state index contributed by atoms with van der Waals surface area (Å²) >= 11 is 12.3. The molecule has 0 saturated carbocycles. The maximum atomic E-state index is 6.17. The average Bonchev–Trinajstić information content (AvgIpc) is 2.32. The molecule has 0 fully saturated rings. The van der Waals surface area contributed by atoms with Gasteiger partial charge in [0.25, 0.3) is 0 Å². The largest absolute Gasteiger partial charge is 0.316 e. The molecule has 96 valence electrons. The lowest BCUT2D eigenvalue weighted by atomic mass is 10.2. The summed E-state index contributed by atoms with van der Waals surface area (Å²) in [6.07, 6.45) is 0. The van der Waals surface area contributed by atoms with Crippen molar-refractivity contribution in [1.29, 1.82) is 0 Å². The zero-order valence-corrected chi connectivity index (χ0v) is 12.0. The first kappa shape index (κ1) is 14.8. The van der Waals surface area contributed by atoms with Gasteiger partial charge >= 0.3 is 0 Å². The van der Waals surface area contributed by atoms with Crippen LogP contribution in [-0.2, 0) is 6.54 Å². The van der Waals surface area contributed by atoms with Gasteiger partial charge in [0.05, 0.1) is 0 Å². The fourth-order valence-corrected chi connectivity index (χ4v) is 2.19. The Kier molecular flexibility index (Phi) is 6.90. The van der Waals surface area contributed by atoms with Crippen LogP contribution in [0.25, 0.3) is 0 Å². The Bertz CT molecular complexity index is 322. The number of nitrogens with one attached hydrogen (secondary N) is 1. The molecular weight excluding hydrogens is 255 g/mol. The zero-order chi connectivity index (χ0) is 12.7. The minimum atomic E-state index is 0.749. The summed E-state index contributed by atoms with van der Waals surface area (Å²) in [5, 5.41) is 4.82. The van der Waals surface area contributed by atoms with E-state index in [0.717, 1.165) is 48.3 Å². The fourth-order valence-electron chi connectivity index (χ4n) is 1.67. The van der Waals surface area contributed by atoms with Crippen LogP contribution in [0.15, 0.2) is 18.2 Å². The second kappa shape index (κ2) is 7.93. The Morgan fingerprint density at radius 1 is 1.18 bits per heavy atom. The van der Waals surface area contributed by atoms with Gasteiger partial charge in [-0.1, -0.05) is 43.1 Å². The third kappa shape index (κ3) is 4.84. The molecule has 0 aliphatic heterocycles. The molecule has 1 aromatic carbocycles. The van der Waals surface area contributed by atoms with E-state index >= 15 is 0 Å². The van der Waals surface area contributed by atoms with Gasteiger partial charge in [-0.3, -0.25) is 4.90 Å². The van der Waals surface area contributed by atoms with E-state index < -0.39 is 0 Å².